The van der Waals surface area contributed by atoms with Crippen LogP contribution in [0.5, 0.6) is 0 Å². The van der Waals surface area contributed by atoms with Gasteiger partial charge in [-0.1, -0.05) is 5.16 Å². The molecular formula is C9H11N4O3S. The Kier molecular flexibility index (Phi) is 3.79. The largest absolute Gasteiger partial charge is 0.379 e. The van der Waals surface area contributed by atoms with Crippen LogP contribution in [0.3, 0.4) is 0 Å². The first-order chi connectivity index (χ1) is 7.86. The zero-order valence-corrected chi connectivity index (χ0v) is 10.1. The number of rotatable bonds is 5. The van der Waals surface area contributed by atoms with Crippen molar-refractivity contribution in [2.24, 2.45) is 10.9 Å². The Hall–Kier alpha value is -1.96. The maximum Gasteiger partial charge on any atom is 0.263 e. The van der Waals surface area contributed by atoms with Crippen molar-refractivity contribution in [1.29, 1.82) is 0 Å². The van der Waals surface area contributed by atoms with Crippen LogP contribution in [0, 0.1) is 0 Å². The minimum atomic E-state index is -1.32. The van der Waals surface area contributed by atoms with Gasteiger partial charge in [0, 0.05) is 5.38 Å². The number of thiazole rings is 1. The topological polar surface area (TPSA) is 121 Å². The summed E-state index contributed by atoms with van der Waals surface area (Å²) >= 11 is 1.15. The number of hydrogen-bond donors (Lipinski definition) is 2. The molecule has 0 spiro atoms. The maximum atomic E-state index is 11.0. The van der Waals surface area contributed by atoms with E-state index in [-0.39, 0.29) is 16.5 Å². The Morgan fingerprint density at radius 2 is 2.29 bits per heavy atom. The monoisotopic (exact) mass is 255 g/mol. The fourth-order valence-electron chi connectivity index (χ4n) is 0.719. The number of carbonyl (C=O) groups is 1. The van der Waals surface area contributed by atoms with E-state index in [1.165, 1.54) is 19.2 Å². The number of hydrogen-bond acceptors (Lipinski definition) is 7. The highest BCUT2D eigenvalue weighted by atomic mass is 32.1. The van der Waals surface area contributed by atoms with Gasteiger partial charge in [-0.2, -0.15) is 0 Å². The van der Waals surface area contributed by atoms with E-state index >= 15 is 0 Å². The van der Waals surface area contributed by atoms with Crippen LogP contribution in [-0.2, 0) is 14.4 Å². The Labute approximate surface area is 101 Å². The molecule has 1 radical (unpaired) electrons. The third kappa shape index (κ3) is 3.25. The zero-order valence-electron chi connectivity index (χ0n) is 9.26. The Morgan fingerprint density at radius 3 is 2.71 bits per heavy atom. The van der Waals surface area contributed by atoms with Gasteiger partial charge < -0.3 is 16.3 Å². The molecule has 1 rings (SSSR count). The van der Waals surface area contributed by atoms with Gasteiger partial charge >= 0.3 is 0 Å². The van der Waals surface area contributed by atoms with Crippen LogP contribution in [0.4, 0.5) is 5.13 Å². The van der Waals surface area contributed by atoms with E-state index in [0.717, 1.165) is 11.3 Å². The lowest BCUT2D eigenvalue weighted by Crippen LogP contribution is -2.39. The summed E-state index contributed by atoms with van der Waals surface area (Å²) in [5, 5.41) is 5.32. The average Bonchev–Trinajstić information content (AvgIpc) is 2.65. The van der Waals surface area contributed by atoms with E-state index in [1.54, 1.807) is 6.29 Å². The molecule has 1 aromatic rings. The van der Waals surface area contributed by atoms with Gasteiger partial charge in [0.05, 0.1) is 0 Å². The van der Waals surface area contributed by atoms with Crippen LogP contribution in [0.2, 0.25) is 0 Å². The van der Waals surface area contributed by atoms with Crippen molar-refractivity contribution in [3.05, 3.63) is 11.1 Å². The highest BCUT2D eigenvalue weighted by Crippen LogP contribution is 2.13. The van der Waals surface area contributed by atoms with Gasteiger partial charge in [0.15, 0.2) is 10.8 Å². The standard InChI is InChI=1S/C9H11N4O3S/c1-9(2,7(10)15)16-13-5(3-14)6-4-17-8(11)12-6/h4H,1-2H3,(H2,10,15)(H2,11,12). The fourth-order valence-corrected chi connectivity index (χ4v) is 1.27. The molecule has 0 saturated heterocycles. The molecule has 91 valence electrons. The number of anilines is 1. The molecule has 0 aliphatic heterocycles. The molecule has 8 heteroatoms. The lowest BCUT2D eigenvalue weighted by molar-refractivity contribution is -0.139. The fraction of sp³-hybridized carbons (Fsp3) is 0.333. The van der Waals surface area contributed by atoms with E-state index < -0.39 is 11.5 Å². The van der Waals surface area contributed by atoms with E-state index in [9.17, 15) is 9.59 Å². The summed E-state index contributed by atoms with van der Waals surface area (Å²) in [4.78, 5) is 30.3. The number of nitrogen functional groups attached to an aromatic ring is 1. The van der Waals surface area contributed by atoms with Crippen molar-refractivity contribution >= 4 is 34.4 Å². The minimum absolute atomic E-state index is 0.174. The van der Waals surface area contributed by atoms with Crippen molar-refractivity contribution in [2.45, 2.75) is 19.4 Å². The summed E-state index contributed by atoms with van der Waals surface area (Å²) in [6, 6.07) is 0. The summed E-state index contributed by atoms with van der Waals surface area (Å²) in [6.07, 6.45) is 1.55. The van der Waals surface area contributed by atoms with Crippen LogP contribution in [0.25, 0.3) is 0 Å². The molecule has 0 aliphatic rings. The number of nitrogens with zero attached hydrogens (tertiary/aromatic N) is 2. The Morgan fingerprint density at radius 1 is 1.65 bits per heavy atom. The molecule has 7 nitrogen and oxygen atoms in total. The van der Waals surface area contributed by atoms with Crippen molar-refractivity contribution in [3.63, 3.8) is 0 Å². The number of carbonyl (C=O) groups excluding carboxylic acids is 2. The molecular weight excluding hydrogens is 244 g/mol. The zero-order chi connectivity index (χ0) is 13.1. The van der Waals surface area contributed by atoms with Crippen LogP contribution >= 0.6 is 11.3 Å². The molecule has 0 unspecified atom stereocenters. The minimum Gasteiger partial charge on any atom is -0.379 e. The molecule has 1 amide bonds. The molecule has 1 aromatic heterocycles. The lowest BCUT2D eigenvalue weighted by atomic mass is 10.1. The van der Waals surface area contributed by atoms with Crippen LogP contribution in [0.15, 0.2) is 10.5 Å². The van der Waals surface area contributed by atoms with Crippen molar-refractivity contribution in [3.8, 4) is 0 Å². The van der Waals surface area contributed by atoms with Gasteiger partial charge in [0.25, 0.3) is 12.2 Å². The summed E-state index contributed by atoms with van der Waals surface area (Å²) < 4.78 is 0. The van der Waals surface area contributed by atoms with Gasteiger partial charge in [-0.3, -0.25) is 9.59 Å². The molecule has 0 aliphatic carbocycles. The van der Waals surface area contributed by atoms with Gasteiger partial charge in [0.1, 0.15) is 5.69 Å². The highest BCUT2D eigenvalue weighted by molar-refractivity contribution is 7.13. The molecule has 17 heavy (non-hydrogen) atoms. The van der Waals surface area contributed by atoms with Crippen molar-refractivity contribution < 1.29 is 14.4 Å². The summed E-state index contributed by atoms with van der Waals surface area (Å²) in [5.74, 6) is -0.704. The van der Waals surface area contributed by atoms with Gasteiger partial charge in [-0.15, -0.1) is 11.3 Å². The number of nitrogens with two attached hydrogens (primary N) is 2. The predicted molar refractivity (Wildman–Crippen MR) is 63.1 cm³/mol. The maximum absolute atomic E-state index is 11.0. The number of primary amides is 1. The lowest BCUT2D eigenvalue weighted by Gasteiger charge is -2.17. The smallest absolute Gasteiger partial charge is 0.263 e. The van der Waals surface area contributed by atoms with E-state index in [2.05, 4.69) is 10.1 Å². The Bertz CT molecular complexity index is 467. The van der Waals surface area contributed by atoms with E-state index in [4.69, 9.17) is 16.3 Å². The third-order valence-corrected chi connectivity index (χ3v) is 2.49. The van der Waals surface area contributed by atoms with Crippen molar-refractivity contribution in [2.75, 3.05) is 5.73 Å². The van der Waals surface area contributed by atoms with E-state index in [1.807, 2.05) is 0 Å². The van der Waals surface area contributed by atoms with Crippen LogP contribution in [0.1, 0.15) is 19.5 Å². The normalized spacial score (nSPS) is 12.2. The second-order valence-corrected chi connectivity index (χ2v) is 4.47. The molecule has 0 bridgehead atoms. The molecule has 0 aromatic carbocycles. The summed E-state index contributed by atoms with van der Waals surface area (Å²) in [7, 11) is 0. The molecule has 1 heterocycles. The second kappa shape index (κ2) is 4.91. The first-order valence-electron chi connectivity index (χ1n) is 4.52. The van der Waals surface area contributed by atoms with Gasteiger partial charge in [0.2, 0.25) is 5.60 Å². The highest BCUT2D eigenvalue weighted by Gasteiger charge is 2.27. The third-order valence-electron chi connectivity index (χ3n) is 1.82. The van der Waals surface area contributed by atoms with E-state index in [0.29, 0.717) is 0 Å². The first kappa shape index (κ1) is 13.1. The number of amides is 1. The van der Waals surface area contributed by atoms with Gasteiger partial charge in [-0.05, 0) is 13.8 Å². The average molecular weight is 255 g/mol. The Balaban J connectivity index is 2.89. The summed E-state index contributed by atoms with van der Waals surface area (Å²) in [6.45, 7) is 2.85. The van der Waals surface area contributed by atoms with Crippen LogP contribution < -0.4 is 11.5 Å². The van der Waals surface area contributed by atoms with Crippen LogP contribution in [-0.4, -0.2) is 28.5 Å². The predicted octanol–water partition coefficient (Wildman–Crippen LogP) is -0.180. The molecule has 0 saturated carbocycles. The first-order valence-corrected chi connectivity index (χ1v) is 5.40. The molecule has 0 atom stereocenters. The second-order valence-electron chi connectivity index (χ2n) is 3.58. The SMILES string of the molecule is CC(C)(ON=C([C]=O)c1csc(N)n1)C(N)=O. The molecule has 4 N–H and O–H groups in total. The summed E-state index contributed by atoms with van der Waals surface area (Å²) in [5.41, 5.74) is 9.23. The molecule has 0 fully saturated rings. The number of aromatic nitrogens is 1. The number of oxime groups is 1. The van der Waals surface area contributed by atoms with Crippen molar-refractivity contribution in [1.82, 2.24) is 4.98 Å². The van der Waals surface area contributed by atoms with Gasteiger partial charge in [-0.25, -0.2) is 4.98 Å². The quantitative estimate of drug-likeness (QED) is 0.558.